The van der Waals surface area contributed by atoms with Gasteiger partial charge >= 0.3 is 0 Å². The molecule has 3 saturated carbocycles. The van der Waals surface area contributed by atoms with Gasteiger partial charge < -0.3 is 0 Å². The number of allylic oxidation sites excluding steroid dienone is 1. The molecular weight excluding hydrogens is 384 g/mol. The number of rotatable bonds is 6. The third kappa shape index (κ3) is 5.73. The molecule has 0 saturated heterocycles. The Morgan fingerprint density at radius 1 is 0.700 bits per heavy atom. The molecule has 0 N–H and O–H groups in total. The van der Waals surface area contributed by atoms with Crippen LogP contribution in [0.2, 0.25) is 0 Å². The van der Waals surface area contributed by atoms with Crippen LogP contribution in [-0.4, -0.2) is 0 Å². The van der Waals surface area contributed by atoms with Gasteiger partial charge in [0.15, 0.2) is 0 Å². The highest BCUT2D eigenvalue weighted by atomic mass is 35.5. The molecule has 0 bridgehead atoms. The highest BCUT2D eigenvalue weighted by Crippen LogP contribution is 2.44. The molecule has 0 aliphatic heterocycles. The summed E-state index contributed by atoms with van der Waals surface area (Å²) in [5.41, 5.74) is 4.97. The maximum absolute atomic E-state index is 5.78. The van der Waals surface area contributed by atoms with E-state index in [-0.39, 0.29) is 0 Å². The molecule has 1 heteroatoms. The Hall–Kier alpha value is -0.750. The lowest BCUT2D eigenvalue weighted by atomic mass is 9.68. The van der Waals surface area contributed by atoms with Gasteiger partial charge in [-0.2, -0.15) is 0 Å². The third-order valence-corrected chi connectivity index (χ3v) is 9.17. The normalized spacial score (nSPS) is 35.5. The number of benzene rings is 1. The average molecular weight is 427 g/mol. The van der Waals surface area contributed by atoms with Crippen LogP contribution in [-0.2, 0) is 0 Å². The summed E-state index contributed by atoms with van der Waals surface area (Å²) in [5, 5.41) is 0. The molecule has 166 valence electrons. The van der Waals surface area contributed by atoms with Gasteiger partial charge in [0.25, 0.3) is 0 Å². The largest absolute Gasteiger partial charge is 0.0933 e. The molecule has 0 radical (unpaired) electrons. The molecule has 0 atom stereocenters. The molecule has 0 amide bonds. The maximum atomic E-state index is 5.78. The molecule has 3 fully saturated rings. The van der Waals surface area contributed by atoms with Gasteiger partial charge in [-0.3, -0.25) is 0 Å². The lowest BCUT2D eigenvalue weighted by molar-refractivity contribution is 0.171. The zero-order chi connectivity index (χ0) is 20.8. The summed E-state index contributed by atoms with van der Waals surface area (Å²) in [4.78, 5) is 0. The Kier molecular flexibility index (Phi) is 8.39. The molecule has 3 aliphatic carbocycles. The van der Waals surface area contributed by atoms with Crippen LogP contribution < -0.4 is 0 Å². The Morgan fingerprint density at radius 3 is 1.63 bits per heavy atom. The fourth-order valence-electron chi connectivity index (χ4n) is 7.07. The van der Waals surface area contributed by atoms with Crippen LogP contribution in [0.3, 0.4) is 0 Å². The van der Waals surface area contributed by atoms with Gasteiger partial charge in [-0.05, 0) is 124 Å². The van der Waals surface area contributed by atoms with Gasteiger partial charge in [0.2, 0.25) is 0 Å². The Morgan fingerprint density at radius 2 is 1.17 bits per heavy atom. The van der Waals surface area contributed by atoms with Gasteiger partial charge in [0, 0.05) is 5.54 Å². The van der Waals surface area contributed by atoms with Crippen molar-refractivity contribution >= 4 is 11.6 Å². The number of halogens is 1. The minimum absolute atomic E-state index is 0.746. The second-order valence-electron chi connectivity index (χ2n) is 10.8. The van der Waals surface area contributed by atoms with E-state index in [0.717, 1.165) is 35.5 Å². The molecule has 0 heterocycles. The Labute approximate surface area is 190 Å². The van der Waals surface area contributed by atoms with Crippen molar-refractivity contribution in [2.24, 2.45) is 23.7 Å². The van der Waals surface area contributed by atoms with Crippen molar-refractivity contribution in [3.63, 3.8) is 0 Å². The van der Waals surface area contributed by atoms with Crippen molar-refractivity contribution < 1.29 is 0 Å². The van der Waals surface area contributed by atoms with Crippen molar-refractivity contribution in [2.75, 3.05) is 0 Å². The minimum Gasteiger partial charge on any atom is -0.0933 e. The first-order valence-electron chi connectivity index (χ1n) is 13.1. The van der Waals surface area contributed by atoms with E-state index in [0.29, 0.717) is 0 Å². The van der Waals surface area contributed by atoms with Crippen LogP contribution in [0.15, 0.2) is 35.9 Å². The van der Waals surface area contributed by atoms with Crippen LogP contribution in [0.1, 0.15) is 120 Å². The quantitative estimate of drug-likeness (QED) is 0.424. The minimum atomic E-state index is 0.746. The average Bonchev–Trinajstić information content (AvgIpc) is 2.81. The van der Waals surface area contributed by atoms with E-state index >= 15 is 0 Å². The molecule has 0 aromatic heterocycles. The van der Waals surface area contributed by atoms with Crippen LogP contribution >= 0.6 is 11.6 Å². The van der Waals surface area contributed by atoms with Gasteiger partial charge in [-0.25, -0.2) is 0 Å². The smallest absolute Gasteiger partial charge is 0.000525 e. The SMILES string of the molecule is CCCC1CCC(c2ccc(C3CCC(C4CCC(C=CCl)CC4)CC3)cc2)CC1. The summed E-state index contributed by atoms with van der Waals surface area (Å²) in [5.74, 6) is 5.36. The molecule has 0 spiro atoms. The first-order chi connectivity index (χ1) is 14.8. The fraction of sp³-hybridized carbons (Fsp3) is 0.724. The van der Waals surface area contributed by atoms with E-state index in [2.05, 4.69) is 37.3 Å². The Bertz CT molecular complexity index is 635. The summed E-state index contributed by atoms with van der Waals surface area (Å²) >= 11 is 5.78. The molecule has 30 heavy (non-hydrogen) atoms. The predicted molar refractivity (Wildman–Crippen MR) is 131 cm³/mol. The standard InChI is InChI=1S/C29H43Cl/c1-2-3-22-4-8-24(9-5-22)26-12-16-28(17-13-26)29-18-14-27(15-19-29)25-10-6-23(7-11-25)20-21-30/h12-13,16-17,20-25,27,29H,2-11,14-15,18-19H2,1H3. The highest BCUT2D eigenvalue weighted by Gasteiger charge is 2.31. The molecule has 1 aromatic rings. The van der Waals surface area contributed by atoms with E-state index in [1.54, 1.807) is 16.7 Å². The number of hydrogen-bond donors (Lipinski definition) is 0. The summed E-state index contributed by atoms with van der Waals surface area (Å²) < 4.78 is 0. The van der Waals surface area contributed by atoms with Crippen molar-refractivity contribution in [1.82, 2.24) is 0 Å². The molecule has 0 unspecified atom stereocenters. The molecule has 3 aliphatic rings. The molecule has 4 rings (SSSR count). The summed E-state index contributed by atoms with van der Waals surface area (Å²) in [6.45, 7) is 2.34. The van der Waals surface area contributed by atoms with Gasteiger partial charge in [0.05, 0.1) is 0 Å². The fourth-order valence-corrected chi connectivity index (χ4v) is 7.27. The second-order valence-corrected chi connectivity index (χ2v) is 11.0. The van der Waals surface area contributed by atoms with E-state index in [9.17, 15) is 0 Å². The lowest BCUT2D eigenvalue weighted by Crippen LogP contribution is -2.25. The van der Waals surface area contributed by atoms with Gasteiger partial charge in [0.1, 0.15) is 0 Å². The zero-order valence-electron chi connectivity index (χ0n) is 19.2. The second kappa shape index (κ2) is 11.2. The van der Waals surface area contributed by atoms with Crippen molar-refractivity contribution in [1.29, 1.82) is 0 Å². The van der Waals surface area contributed by atoms with Gasteiger partial charge in [-0.1, -0.05) is 61.7 Å². The monoisotopic (exact) mass is 426 g/mol. The van der Waals surface area contributed by atoms with E-state index in [1.807, 2.05) is 0 Å². The molecule has 1 aromatic carbocycles. The van der Waals surface area contributed by atoms with Crippen molar-refractivity contribution in [3.8, 4) is 0 Å². The Balaban J connectivity index is 1.23. The van der Waals surface area contributed by atoms with Crippen molar-refractivity contribution in [2.45, 2.75) is 109 Å². The molecular formula is C29H43Cl. The summed E-state index contributed by atoms with van der Waals surface area (Å²) in [7, 11) is 0. The van der Waals surface area contributed by atoms with Crippen LogP contribution in [0.25, 0.3) is 0 Å². The van der Waals surface area contributed by atoms with E-state index in [4.69, 9.17) is 11.6 Å². The first-order valence-corrected chi connectivity index (χ1v) is 13.6. The topological polar surface area (TPSA) is 0 Å². The highest BCUT2D eigenvalue weighted by molar-refractivity contribution is 6.25. The lowest BCUT2D eigenvalue weighted by Gasteiger charge is -2.37. The third-order valence-electron chi connectivity index (χ3n) is 9.02. The van der Waals surface area contributed by atoms with E-state index in [1.165, 1.54) is 89.9 Å². The summed E-state index contributed by atoms with van der Waals surface area (Å²) in [6.07, 6.45) is 22.1. The summed E-state index contributed by atoms with van der Waals surface area (Å²) in [6, 6.07) is 9.94. The molecule has 0 nitrogen and oxygen atoms in total. The van der Waals surface area contributed by atoms with Crippen LogP contribution in [0, 0.1) is 23.7 Å². The number of hydrogen-bond acceptors (Lipinski definition) is 0. The van der Waals surface area contributed by atoms with Crippen LogP contribution in [0.5, 0.6) is 0 Å². The van der Waals surface area contributed by atoms with E-state index < -0.39 is 0 Å². The maximum Gasteiger partial charge on any atom is 0.000525 e. The van der Waals surface area contributed by atoms with Crippen molar-refractivity contribution in [3.05, 3.63) is 47.0 Å². The zero-order valence-corrected chi connectivity index (χ0v) is 20.0. The first kappa shape index (κ1) is 22.4. The van der Waals surface area contributed by atoms with Crippen LogP contribution in [0.4, 0.5) is 0 Å². The predicted octanol–water partition coefficient (Wildman–Crippen LogP) is 9.59. The van der Waals surface area contributed by atoms with Gasteiger partial charge in [-0.15, -0.1) is 0 Å².